The van der Waals surface area contributed by atoms with Crippen molar-refractivity contribution in [3.8, 4) is 0 Å². The van der Waals surface area contributed by atoms with Crippen LogP contribution >= 0.6 is 0 Å². The Labute approximate surface area is 120 Å². The molecule has 1 aliphatic heterocycles. The third kappa shape index (κ3) is 4.15. The van der Waals surface area contributed by atoms with Gasteiger partial charge in [0, 0.05) is 32.4 Å². The number of aromatic nitrogens is 2. The number of amides is 1. The van der Waals surface area contributed by atoms with Gasteiger partial charge in [0.2, 0.25) is 0 Å². The van der Waals surface area contributed by atoms with Crippen LogP contribution in [0.25, 0.3) is 0 Å². The first-order valence-electron chi connectivity index (χ1n) is 7.06. The molecule has 6 heteroatoms. The topological polar surface area (TPSA) is 59.4 Å². The highest BCUT2D eigenvalue weighted by Gasteiger charge is 2.27. The summed E-state index contributed by atoms with van der Waals surface area (Å²) in [4.78, 5) is 13.9. The van der Waals surface area contributed by atoms with Gasteiger partial charge in [-0.25, -0.2) is 4.79 Å². The second-order valence-corrected chi connectivity index (χ2v) is 6.31. The first-order valence-corrected chi connectivity index (χ1v) is 7.06. The fourth-order valence-electron chi connectivity index (χ4n) is 2.32. The molecule has 0 aromatic carbocycles. The van der Waals surface area contributed by atoms with E-state index in [4.69, 9.17) is 4.74 Å². The lowest BCUT2D eigenvalue weighted by Crippen LogP contribution is -2.46. The van der Waals surface area contributed by atoms with E-state index in [0.717, 1.165) is 25.1 Å². The Morgan fingerprint density at radius 3 is 2.85 bits per heavy atom. The molecule has 1 aromatic rings. The van der Waals surface area contributed by atoms with Crippen molar-refractivity contribution in [3.63, 3.8) is 0 Å². The van der Waals surface area contributed by atoms with Crippen LogP contribution < -0.4 is 5.32 Å². The Morgan fingerprint density at radius 2 is 2.25 bits per heavy atom. The molecule has 1 amide bonds. The summed E-state index contributed by atoms with van der Waals surface area (Å²) in [5.74, 6) is 0. The van der Waals surface area contributed by atoms with Gasteiger partial charge >= 0.3 is 6.09 Å². The van der Waals surface area contributed by atoms with Crippen LogP contribution in [0, 0.1) is 0 Å². The highest BCUT2D eigenvalue weighted by atomic mass is 16.6. The van der Waals surface area contributed by atoms with E-state index >= 15 is 0 Å². The molecule has 112 valence electrons. The van der Waals surface area contributed by atoms with Gasteiger partial charge in [0.15, 0.2) is 0 Å². The predicted octanol–water partition coefficient (Wildman–Crippen LogP) is 2.23. The van der Waals surface area contributed by atoms with Crippen LogP contribution in [0.1, 0.15) is 33.6 Å². The van der Waals surface area contributed by atoms with Crippen molar-refractivity contribution < 1.29 is 9.53 Å². The first-order chi connectivity index (χ1) is 9.33. The molecule has 0 bridgehead atoms. The normalized spacial score (nSPS) is 19.8. The van der Waals surface area contributed by atoms with Gasteiger partial charge in [-0.05, 0) is 33.6 Å². The van der Waals surface area contributed by atoms with E-state index in [0.29, 0.717) is 6.54 Å². The molecule has 1 aliphatic rings. The van der Waals surface area contributed by atoms with Crippen molar-refractivity contribution in [1.29, 1.82) is 0 Å². The Bertz CT molecular complexity index is 464. The summed E-state index contributed by atoms with van der Waals surface area (Å²) in [6, 6.07) is 0.250. The fourth-order valence-corrected chi connectivity index (χ4v) is 2.32. The quantitative estimate of drug-likeness (QED) is 0.902. The summed E-state index contributed by atoms with van der Waals surface area (Å²) in [6.45, 7) is 7.10. The highest BCUT2D eigenvalue weighted by Crippen LogP contribution is 2.18. The van der Waals surface area contributed by atoms with Crippen molar-refractivity contribution in [2.24, 2.45) is 7.05 Å². The Morgan fingerprint density at radius 1 is 1.50 bits per heavy atom. The summed E-state index contributed by atoms with van der Waals surface area (Å²) in [7, 11) is 1.89. The van der Waals surface area contributed by atoms with Gasteiger partial charge in [0.05, 0.1) is 11.9 Å². The number of anilines is 1. The van der Waals surface area contributed by atoms with Crippen molar-refractivity contribution in [3.05, 3.63) is 12.4 Å². The summed E-state index contributed by atoms with van der Waals surface area (Å²) in [5.41, 5.74) is 0.546. The zero-order valence-electron chi connectivity index (χ0n) is 12.7. The van der Waals surface area contributed by atoms with Crippen LogP contribution in [0.2, 0.25) is 0 Å². The van der Waals surface area contributed by atoms with Gasteiger partial charge in [-0.3, -0.25) is 4.68 Å². The van der Waals surface area contributed by atoms with Crippen LogP contribution in [-0.4, -0.2) is 45.5 Å². The van der Waals surface area contributed by atoms with E-state index in [1.165, 1.54) is 0 Å². The van der Waals surface area contributed by atoms with Gasteiger partial charge in [0.1, 0.15) is 5.60 Å². The fraction of sp³-hybridized carbons (Fsp3) is 0.714. The maximum Gasteiger partial charge on any atom is 0.410 e. The summed E-state index contributed by atoms with van der Waals surface area (Å²) < 4.78 is 7.18. The molecule has 1 atom stereocenters. The average Bonchev–Trinajstić information content (AvgIpc) is 2.73. The SMILES string of the molecule is Cn1cc(NC2CCCN(C(=O)OC(C)(C)C)C2)cn1. The van der Waals surface area contributed by atoms with E-state index in [9.17, 15) is 4.79 Å². The monoisotopic (exact) mass is 280 g/mol. The number of rotatable bonds is 2. The molecule has 1 aromatic heterocycles. The van der Waals surface area contributed by atoms with E-state index < -0.39 is 5.60 Å². The minimum Gasteiger partial charge on any atom is -0.444 e. The molecule has 1 fully saturated rings. The number of hydrogen-bond acceptors (Lipinski definition) is 4. The number of likely N-dealkylation sites (tertiary alicyclic amines) is 1. The van der Waals surface area contributed by atoms with Gasteiger partial charge < -0.3 is 15.0 Å². The predicted molar refractivity (Wildman–Crippen MR) is 77.7 cm³/mol. The second-order valence-electron chi connectivity index (χ2n) is 6.31. The largest absolute Gasteiger partial charge is 0.444 e. The van der Waals surface area contributed by atoms with Gasteiger partial charge in [0.25, 0.3) is 0 Å². The number of nitrogens with zero attached hydrogens (tertiary/aromatic N) is 3. The van der Waals surface area contributed by atoms with E-state index in [1.54, 1.807) is 15.8 Å². The highest BCUT2D eigenvalue weighted by molar-refractivity contribution is 5.68. The van der Waals surface area contributed by atoms with Gasteiger partial charge in [-0.1, -0.05) is 0 Å². The molecule has 1 N–H and O–H groups in total. The molecule has 2 heterocycles. The van der Waals surface area contributed by atoms with Gasteiger partial charge in [-0.2, -0.15) is 5.10 Å². The molecule has 20 heavy (non-hydrogen) atoms. The van der Waals surface area contributed by atoms with E-state index in [-0.39, 0.29) is 12.1 Å². The van der Waals surface area contributed by atoms with Crippen molar-refractivity contribution in [2.45, 2.75) is 45.3 Å². The lowest BCUT2D eigenvalue weighted by Gasteiger charge is -2.34. The summed E-state index contributed by atoms with van der Waals surface area (Å²) >= 11 is 0. The van der Waals surface area contributed by atoms with Crippen LogP contribution in [-0.2, 0) is 11.8 Å². The van der Waals surface area contributed by atoms with Crippen LogP contribution in [0.5, 0.6) is 0 Å². The van der Waals surface area contributed by atoms with Crippen LogP contribution in [0.4, 0.5) is 10.5 Å². The van der Waals surface area contributed by atoms with Crippen molar-refractivity contribution in [2.75, 3.05) is 18.4 Å². The molecule has 1 saturated heterocycles. The lowest BCUT2D eigenvalue weighted by atomic mass is 10.1. The number of nitrogens with one attached hydrogen (secondary N) is 1. The standard InChI is InChI=1S/C14H24N4O2/c1-14(2,3)20-13(19)18-7-5-6-11(10-18)16-12-8-15-17(4)9-12/h8-9,11,16H,5-7,10H2,1-4H3. The Balaban J connectivity index is 1.90. The maximum atomic E-state index is 12.1. The minimum absolute atomic E-state index is 0.227. The minimum atomic E-state index is -0.444. The number of hydrogen-bond donors (Lipinski definition) is 1. The lowest BCUT2D eigenvalue weighted by molar-refractivity contribution is 0.0206. The molecular formula is C14H24N4O2. The molecule has 0 saturated carbocycles. The second kappa shape index (κ2) is 5.73. The van der Waals surface area contributed by atoms with Crippen LogP contribution in [0.3, 0.4) is 0 Å². The molecule has 1 unspecified atom stereocenters. The van der Waals surface area contributed by atoms with E-state index in [2.05, 4.69) is 10.4 Å². The third-order valence-electron chi connectivity index (χ3n) is 3.15. The molecule has 0 aliphatic carbocycles. The zero-order chi connectivity index (χ0) is 14.8. The maximum absolute atomic E-state index is 12.1. The Hall–Kier alpha value is -1.72. The summed E-state index contributed by atoms with van der Waals surface area (Å²) in [5, 5.41) is 7.55. The van der Waals surface area contributed by atoms with Crippen molar-refractivity contribution >= 4 is 11.8 Å². The zero-order valence-corrected chi connectivity index (χ0v) is 12.7. The van der Waals surface area contributed by atoms with E-state index in [1.807, 2.05) is 34.0 Å². The number of piperidine rings is 1. The molecule has 6 nitrogen and oxygen atoms in total. The average molecular weight is 280 g/mol. The van der Waals surface area contributed by atoms with Crippen LogP contribution in [0.15, 0.2) is 12.4 Å². The Kier molecular flexibility index (Phi) is 4.20. The molecule has 0 radical (unpaired) electrons. The number of carbonyl (C=O) groups excluding carboxylic acids is 1. The smallest absolute Gasteiger partial charge is 0.410 e. The van der Waals surface area contributed by atoms with Gasteiger partial charge in [-0.15, -0.1) is 0 Å². The summed E-state index contributed by atoms with van der Waals surface area (Å²) in [6.07, 6.45) is 5.54. The number of carbonyl (C=O) groups is 1. The molecule has 2 rings (SSSR count). The molecule has 0 spiro atoms. The number of ether oxygens (including phenoxy) is 1. The first kappa shape index (κ1) is 14.7. The molecular weight excluding hydrogens is 256 g/mol. The number of aryl methyl sites for hydroxylation is 1. The van der Waals surface area contributed by atoms with Crippen molar-refractivity contribution in [1.82, 2.24) is 14.7 Å². The third-order valence-corrected chi connectivity index (χ3v) is 3.15.